The number of aromatic nitrogens is 1. The van der Waals surface area contributed by atoms with Gasteiger partial charge in [-0.2, -0.15) is 13.2 Å². The number of ketones is 2. The Morgan fingerprint density at radius 3 is 2.38 bits per heavy atom. The number of Topliss-reactive ketones (excluding diaryl/α,β-unsaturated/α-hetero) is 2. The molecular formula is C12H13F3N2O4. The molecule has 0 saturated carbocycles. The molecule has 0 radical (unpaired) electrons. The van der Waals surface area contributed by atoms with Crippen LogP contribution in [0.15, 0.2) is 12.3 Å². The van der Waals surface area contributed by atoms with Crippen LogP contribution in [0.25, 0.3) is 0 Å². The minimum Gasteiger partial charge on any atom is -0.478 e. The number of aryl methyl sites for hydroxylation is 1. The van der Waals surface area contributed by atoms with Crippen molar-refractivity contribution >= 4 is 17.5 Å². The van der Waals surface area contributed by atoms with Gasteiger partial charge in [0, 0.05) is 13.2 Å². The van der Waals surface area contributed by atoms with Gasteiger partial charge in [-0.25, -0.2) is 4.79 Å². The Kier molecular flexibility index (Phi) is 4.89. The van der Waals surface area contributed by atoms with E-state index in [1.807, 2.05) is 5.32 Å². The summed E-state index contributed by atoms with van der Waals surface area (Å²) in [5.41, 5.74) is -0.385. The zero-order valence-electron chi connectivity index (χ0n) is 11.2. The van der Waals surface area contributed by atoms with Crippen molar-refractivity contribution in [2.45, 2.75) is 19.1 Å². The summed E-state index contributed by atoms with van der Waals surface area (Å²) in [5.74, 6) is -3.41. The number of nitrogens with one attached hydrogen (secondary N) is 1. The fraction of sp³-hybridized carbons (Fsp3) is 0.417. The van der Waals surface area contributed by atoms with E-state index >= 15 is 0 Å². The van der Waals surface area contributed by atoms with Crippen LogP contribution in [0.1, 0.15) is 27.8 Å². The van der Waals surface area contributed by atoms with Crippen molar-refractivity contribution in [2.24, 2.45) is 7.05 Å². The van der Waals surface area contributed by atoms with Gasteiger partial charge in [-0.15, -0.1) is 0 Å². The number of carboxylic acid groups (broad SMARTS) is 1. The average Bonchev–Trinajstić information content (AvgIpc) is 2.75. The van der Waals surface area contributed by atoms with Gasteiger partial charge in [0.15, 0.2) is 0 Å². The molecule has 116 valence electrons. The van der Waals surface area contributed by atoms with E-state index in [9.17, 15) is 27.6 Å². The third-order valence-electron chi connectivity index (χ3n) is 2.80. The van der Waals surface area contributed by atoms with E-state index in [2.05, 4.69) is 0 Å². The van der Waals surface area contributed by atoms with Gasteiger partial charge < -0.3 is 9.67 Å². The number of halogens is 3. The summed E-state index contributed by atoms with van der Waals surface area (Å²) in [4.78, 5) is 34.1. The van der Waals surface area contributed by atoms with Crippen molar-refractivity contribution in [2.75, 3.05) is 6.54 Å². The van der Waals surface area contributed by atoms with Crippen molar-refractivity contribution in [1.29, 1.82) is 0 Å². The highest BCUT2D eigenvalue weighted by Crippen LogP contribution is 2.19. The number of aromatic carboxylic acids is 1. The molecule has 6 nitrogen and oxygen atoms in total. The molecule has 1 heterocycles. The molecule has 21 heavy (non-hydrogen) atoms. The molecule has 0 aliphatic carbocycles. The topological polar surface area (TPSA) is 88.4 Å². The van der Waals surface area contributed by atoms with E-state index in [0.717, 1.165) is 23.8 Å². The molecule has 2 N–H and O–H groups in total. The van der Waals surface area contributed by atoms with Crippen LogP contribution in [0.5, 0.6) is 0 Å². The minimum absolute atomic E-state index is 0.190. The SMILES string of the molecule is CC(NCC(=O)C(=O)c1cc(C(=O)O)cn1C)C(F)(F)F. The third-order valence-corrected chi connectivity index (χ3v) is 2.80. The Morgan fingerprint density at radius 1 is 1.38 bits per heavy atom. The number of hydrogen-bond acceptors (Lipinski definition) is 4. The zero-order chi connectivity index (χ0) is 16.4. The quantitative estimate of drug-likeness (QED) is 0.605. The van der Waals surface area contributed by atoms with Crippen molar-refractivity contribution in [1.82, 2.24) is 9.88 Å². The first kappa shape index (κ1) is 16.9. The molecular weight excluding hydrogens is 293 g/mol. The first-order valence-corrected chi connectivity index (χ1v) is 5.81. The van der Waals surface area contributed by atoms with Gasteiger partial charge in [0.25, 0.3) is 0 Å². The second kappa shape index (κ2) is 6.08. The van der Waals surface area contributed by atoms with Crippen LogP contribution >= 0.6 is 0 Å². The van der Waals surface area contributed by atoms with E-state index in [0.29, 0.717) is 0 Å². The Bertz CT molecular complexity index is 578. The maximum Gasteiger partial charge on any atom is 0.403 e. The smallest absolute Gasteiger partial charge is 0.403 e. The molecule has 1 atom stereocenters. The van der Waals surface area contributed by atoms with Crippen molar-refractivity contribution in [3.8, 4) is 0 Å². The Labute approximate surface area is 117 Å². The minimum atomic E-state index is -4.52. The van der Waals surface area contributed by atoms with Crippen LogP contribution < -0.4 is 5.32 Å². The maximum atomic E-state index is 12.3. The van der Waals surface area contributed by atoms with Crippen molar-refractivity contribution in [3.63, 3.8) is 0 Å². The lowest BCUT2D eigenvalue weighted by molar-refractivity contribution is -0.151. The van der Waals surface area contributed by atoms with Crippen LogP contribution in [0, 0.1) is 0 Å². The predicted octanol–water partition coefficient (Wildman–Crippen LogP) is 1.02. The second-order valence-corrected chi connectivity index (χ2v) is 4.43. The predicted molar refractivity (Wildman–Crippen MR) is 65.2 cm³/mol. The average molecular weight is 306 g/mol. The number of nitrogens with zero attached hydrogens (tertiary/aromatic N) is 1. The number of rotatable bonds is 6. The van der Waals surface area contributed by atoms with E-state index in [1.165, 1.54) is 7.05 Å². The molecule has 0 bridgehead atoms. The van der Waals surface area contributed by atoms with Gasteiger partial charge in [0.1, 0.15) is 6.04 Å². The first-order chi connectivity index (χ1) is 9.54. The molecule has 0 spiro atoms. The van der Waals surface area contributed by atoms with Gasteiger partial charge in [-0.3, -0.25) is 14.9 Å². The highest BCUT2D eigenvalue weighted by Gasteiger charge is 2.36. The zero-order valence-corrected chi connectivity index (χ0v) is 11.2. The molecule has 1 aromatic heterocycles. The number of hydrogen-bond donors (Lipinski definition) is 2. The van der Waals surface area contributed by atoms with Gasteiger partial charge in [-0.05, 0) is 13.0 Å². The van der Waals surface area contributed by atoms with Gasteiger partial charge in [0.05, 0.1) is 17.8 Å². The summed E-state index contributed by atoms with van der Waals surface area (Å²) in [7, 11) is 1.36. The van der Waals surface area contributed by atoms with Crippen molar-refractivity contribution < 1.29 is 32.7 Å². The normalized spacial score (nSPS) is 13.0. The number of carboxylic acids is 1. The van der Waals surface area contributed by atoms with Gasteiger partial charge in [0.2, 0.25) is 11.6 Å². The summed E-state index contributed by atoms with van der Waals surface area (Å²) in [6, 6.07) is -0.937. The summed E-state index contributed by atoms with van der Waals surface area (Å²) in [6.45, 7) is 0.0376. The molecule has 9 heteroatoms. The molecule has 1 unspecified atom stereocenters. The molecule has 1 rings (SSSR count). The largest absolute Gasteiger partial charge is 0.478 e. The van der Waals surface area contributed by atoms with E-state index in [4.69, 9.17) is 5.11 Å². The fourth-order valence-corrected chi connectivity index (χ4v) is 1.49. The van der Waals surface area contributed by atoms with E-state index in [-0.39, 0.29) is 11.3 Å². The first-order valence-electron chi connectivity index (χ1n) is 5.81. The lowest BCUT2D eigenvalue weighted by Crippen LogP contribution is -2.43. The Balaban J connectivity index is 2.76. The third kappa shape index (κ3) is 4.15. The standard InChI is InChI=1S/C12H13F3N2O4/c1-6(12(13,14)15)16-4-9(18)10(19)8-3-7(11(20)21)5-17(8)2/h3,5-6,16H,4H2,1-2H3,(H,20,21). The highest BCUT2D eigenvalue weighted by molar-refractivity contribution is 6.44. The maximum absolute atomic E-state index is 12.3. The summed E-state index contributed by atoms with van der Waals surface area (Å²) >= 11 is 0. The fourth-order valence-electron chi connectivity index (χ4n) is 1.49. The molecule has 0 aliphatic rings. The molecule has 0 aliphatic heterocycles. The molecule has 0 amide bonds. The molecule has 0 aromatic carbocycles. The van der Waals surface area contributed by atoms with Crippen molar-refractivity contribution in [3.05, 3.63) is 23.5 Å². The summed E-state index contributed by atoms with van der Waals surface area (Å²) in [6.07, 6.45) is -3.39. The number of alkyl halides is 3. The number of carbonyl (C=O) groups excluding carboxylic acids is 2. The van der Waals surface area contributed by atoms with E-state index < -0.39 is 36.3 Å². The second-order valence-electron chi connectivity index (χ2n) is 4.43. The Hall–Kier alpha value is -2.16. The molecule has 0 saturated heterocycles. The van der Waals surface area contributed by atoms with Gasteiger partial charge >= 0.3 is 12.1 Å². The molecule has 1 aromatic rings. The summed E-state index contributed by atoms with van der Waals surface area (Å²) < 4.78 is 37.9. The Morgan fingerprint density at radius 2 is 1.95 bits per heavy atom. The lowest BCUT2D eigenvalue weighted by atomic mass is 10.1. The highest BCUT2D eigenvalue weighted by atomic mass is 19.4. The number of carbonyl (C=O) groups is 3. The summed E-state index contributed by atoms with van der Waals surface area (Å²) in [5, 5.41) is 10.7. The van der Waals surface area contributed by atoms with Crippen LogP contribution in [0.2, 0.25) is 0 Å². The van der Waals surface area contributed by atoms with E-state index in [1.54, 1.807) is 0 Å². The lowest BCUT2D eigenvalue weighted by Gasteiger charge is -2.16. The van der Waals surface area contributed by atoms with Crippen LogP contribution in [0.3, 0.4) is 0 Å². The molecule has 0 fully saturated rings. The van der Waals surface area contributed by atoms with Crippen LogP contribution in [-0.4, -0.2) is 46.0 Å². The van der Waals surface area contributed by atoms with Crippen LogP contribution in [0.4, 0.5) is 13.2 Å². The van der Waals surface area contributed by atoms with Gasteiger partial charge in [-0.1, -0.05) is 0 Å². The van der Waals surface area contributed by atoms with Crippen LogP contribution in [-0.2, 0) is 11.8 Å². The monoisotopic (exact) mass is 306 g/mol.